The predicted octanol–water partition coefficient (Wildman–Crippen LogP) is 0.362. The Kier molecular flexibility index (Phi) is 4.55. The molecule has 4 nitrogen and oxygen atoms in total. The van der Waals surface area contributed by atoms with Crippen molar-refractivity contribution in [3.05, 3.63) is 29.8 Å². The number of aliphatic hydroxyl groups is 1. The number of phenols is 1. The monoisotopic (exact) mass is 210 g/mol. The van der Waals surface area contributed by atoms with Crippen LogP contribution in [0, 0.1) is 0 Å². The summed E-state index contributed by atoms with van der Waals surface area (Å²) in [5.74, 6) is 0.200. The molecule has 5 N–H and O–H groups in total. The highest BCUT2D eigenvalue weighted by molar-refractivity contribution is 5.27. The van der Waals surface area contributed by atoms with Gasteiger partial charge >= 0.3 is 0 Å². The van der Waals surface area contributed by atoms with Crippen molar-refractivity contribution in [3.8, 4) is 5.75 Å². The minimum absolute atomic E-state index is 0.0560. The molecule has 0 bridgehead atoms. The molecular weight excluding hydrogens is 192 g/mol. The van der Waals surface area contributed by atoms with E-state index in [9.17, 15) is 5.11 Å². The number of nitrogens with two attached hydrogens (primary N) is 1. The van der Waals surface area contributed by atoms with E-state index in [1.54, 1.807) is 31.3 Å². The first-order valence-electron chi connectivity index (χ1n) is 5.03. The largest absolute Gasteiger partial charge is 0.508 e. The van der Waals surface area contributed by atoms with Crippen LogP contribution >= 0.6 is 0 Å². The van der Waals surface area contributed by atoms with Crippen LogP contribution in [0.4, 0.5) is 0 Å². The van der Waals surface area contributed by atoms with Crippen LogP contribution in [0.15, 0.2) is 24.3 Å². The van der Waals surface area contributed by atoms with Crippen LogP contribution in [-0.2, 0) is 0 Å². The van der Waals surface area contributed by atoms with Gasteiger partial charge in [0.2, 0.25) is 0 Å². The maximum Gasteiger partial charge on any atom is 0.115 e. The van der Waals surface area contributed by atoms with Gasteiger partial charge in [0.05, 0.1) is 6.10 Å². The van der Waals surface area contributed by atoms with Gasteiger partial charge in [-0.25, -0.2) is 0 Å². The minimum atomic E-state index is -0.598. The van der Waals surface area contributed by atoms with Crippen molar-refractivity contribution in [3.63, 3.8) is 0 Å². The van der Waals surface area contributed by atoms with Gasteiger partial charge in [-0.05, 0) is 37.7 Å². The molecule has 0 aliphatic carbocycles. The zero-order chi connectivity index (χ0) is 11.3. The first-order chi connectivity index (χ1) is 7.19. The van der Waals surface area contributed by atoms with Crippen molar-refractivity contribution >= 4 is 0 Å². The first-order valence-corrected chi connectivity index (χ1v) is 5.03. The molecule has 0 fully saturated rings. The van der Waals surface area contributed by atoms with E-state index in [-0.39, 0.29) is 11.8 Å². The van der Waals surface area contributed by atoms with E-state index in [2.05, 4.69) is 5.32 Å². The Labute approximate surface area is 89.7 Å². The van der Waals surface area contributed by atoms with Gasteiger partial charge in [0, 0.05) is 6.04 Å². The van der Waals surface area contributed by atoms with E-state index in [0.29, 0.717) is 13.0 Å². The average molecular weight is 210 g/mol. The molecule has 0 aromatic heterocycles. The second kappa shape index (κ2) is 5.70. The Bertz CT molecular complexity index is 287. The summed E-state index contributed by atoms with van der Waals surface area (Å²) in [6.07, 6.45) is 0.109. The van der Waals surface area contributed by atoms with Crippen molar-refractivity contribution in [2.45, 2.75) is 18.6 Å². The number of likely N-dealkylation sites (N-methyl/N-ethyl adjacent to an activating group) is 1. The van der Waals surface area contributed by atoms with Crippen LogP contribution in [0.2, 0.25) is 0 Å². The molecule has 0 aliphatic rings. The SMILES string of the molecule is CNC(CCN)C(O)c1ccc(O)cc1. The number of phenolic OH excluding ortho intramolecular Hbond substituents is 1. The molecule has 0 spiro atoms. The molecule has 0 amide bonds. The molecule has 1 aromatic rings. The van der Waals surface area contributed by atoms with Gasteiger partial charge in [-0.2, -0.15) is 0 Å². The molecule has 84 valence electrons. The van der Waals surface area contributed by atoms with E-state index >= 15 is 0 Å². The summed E-state index contributed by atoms with van der Waals surface area (Å²) in [6.45, 7) is 0.528. The fourth-order valence-electron chi connectivity index (χ4n) is 1.54. The number of nitrogens with one attached hydrogen (secondary N) is 1. The Hall–Kier alpha value is -1.10. The van der Waals surface area contributed by atoms with Crippen molar-refractivity contribution in [2.75, 3.05) is 13.6 Å². The quantitative estimate of drug-likeness (QED) is 0.566. The van der Waals surface area contributed by atoms with E-state index in [1.807, 2.05) is 0 Å². The van der Waals surface area contributed by atoms with Crippen molar-refractivity contribution in [1.82, 2.24) is 5.32 Å². The predicted molar refractivity (Wildman–Crippen MR) is 59.6 cm³/mol. The van der Waals surface area contributed by atoms with Gasteiger partial charge in [-0.3, -0.25) is 0 Å². The lowest BCUT2D eigenvalue weighted by Crippen LogP contribution is -2.34. The van der Waals surface area contributed by atoms with E-state index in [0.717, 1.165) is 5.56 Å². The molecule has 2 unspecified atom stereocenters. The minimum Gasteiger partial charge on any atom is -0.508 e. The number of aromatic hydroxyl groups is 1. The zero-order valence-electron chi connectivity index (χ0n) is 8.85. The molecule has 0 saturated heterocycles. The number of hydrogen-bond acceptors (Lipinski definition) is 4. The zero-order valence-corrected chi connectivity index (χ0v) is 8.85. The smallest absolute Gasteiger partial charge is 0.115 e. The van der Waals surface area contributed by atoms with Crippen LogP contribution in [0.25, 0.3) is 0 Å². The number of hydrogen-bond donors (Lipinski definition) is 4. The summed E-state index contributed by atoms with van der Waals surface area (Å²) < 4.78 is 0. The van der Waals surface area contributed by atoms with Crippen LogP contribution in [-0.4, -0.2) is 29.8 Å². The number of benzene rings is 1. The van der Waals surface area contributed by atoms with Gasteiger partial charge < -0.3 is 21.3 Å². The second-order valence-electron chi connectivity index (χ2n) is 3.51. The summed E-state index contributed by atoms with van der Waals surface area (Å²) in [5, 5.41) is 22.1. The summed E-state index contributed by atoms with van der Waals surface area (Å²) >= 11 is 0. The molecule has 0 heterocycles. The second-order valence-corrected chi connectivity index (χ2v) is 3.51. The number of aliphatic hydroxyl groups excluding tert-OH is 1. The Morgan fingerprint density at radius 1 is 1.33 bits per heavy atom. The lowest BCUT2D eigenvalue weighted by Gasteiger charge is -2.22. The lowest BCUT2D eigenvalue weighted by molar-refractivity contribution is 0.129. The molecular formula is C11H18N2O2. The molecule has 2 atom stereocenters. The Balaban J connectivity index is 2.73. The maximum absolute atomic E-state index is 10.0. The van der Waals surface area contributed by atoms with Gasteiger partial charge in [0.1, 0.15) is 5.75 Å². The molecule has 0 saturated carbocycles. The van der Waals surface area contributed by atoms with Crippen LogP contribution in [0.1, 0.15) is 18.1 Å². The molecule has 0 aliphatic heterocycles. The van der Waals surface area contributed by atoms with Crippen LogP contribution in [0.5, 0.6) is 5.75 Å². The molecule has 1 aromatic carbocycles. The topological polar surface area (TPSA) is 78.5 Å². The van der Waals surface area contributed by atoms with E-state index in [1.165, 1.54) is 0 Å². The van der Waals surface area contributed by atoms with Crippen molar-refractivity contribution in [1.29, 1.82) is 0 Å². The molecule has 4 heteroatoms. The van der Waals surface area contributed by atoms with Gasteiger partial charge in [-0.15, -0.1) is 0 Å². The third-order valence-electron chi connectivity index (χ3n) is 2.46. The maximum atomic E-state index is 10.0. The third kappa shape index (κ3) is 3.20. The summed E-state index contributed by atoms with van der Waals surface area (Å²) in [5.41, 5.74) is 6.23. The van der Waals surface area contributed by atoms with Gasteiger partial charge in [-0.1, -0.05) is 12.1 Å². The average Bonchev–Trinajstić information content (AvgIpc) is 2.26. The first kappa shape index (κ1) is 12.0. The highest BCUT2D eigenvalue weighted by Crippen LogP contribution is 2.20. The van der Waals surface area contributed by atoms with Crippen molar-refractivity contribution < 1.29 is 10.2 Å². The summed E-state index contributed by atoms with van der Waals surface area (Å²) in [7, 11) is 1.80. The van der Waals surface area contributed by atoms with E-state index < -0.39 is 6.10 Å². The van der Waals surface area contributed by atoms with Gasteiger partial charge in [0.15, 0.2) is 0 Å². The van der Waals surface area contributed by atoms with Crippen LogP contribution in [0.3, 0.4) is 0 Å². The molecule has 15 heavy (non-hydrogen) atoms. The number of rotatable bonds is 5. The van der Waals surface area contributed by atoms with Gasteiger partial charge in [0.25, 0.3) is 0 Å². The molecule has 0 radical (unpaired) electrons. The van der Waals surface area contributed by atoms with Crippen molar-refractivity contribution in [2.24, 2.45) is 5.73 Å². The highest BCUT2D eigenvalue weighted by atomic mass is 16.3. The lowest BCUT2D eigenvalue weighted by atomic mass is 10.00. The standard InChI is InChI=1S/C11H18N2O2/c1-13-10(6-7-12)11(15)8-2-4-9(14)5-3-8/h2-5,10-11,13-15H,6-7,12H2,1H3. The summed E-state index contributed by atoms with van der Waals surface area (Å²) in [4.78, 5) is 0. The third-order valence-corrected chi connectivity index (χ3v) is 2.46. The fourth-order valence-corrected chi connectivity index (χ4v) is 1.54. The Morgan fingerprint density at radius 3 is 2.40 bits per heavy atom. The Morgan fingerprint density at radius 2 is 1.93 bits per heavy atom. The van der Waals surface area contributed by atoms with E-state index in [4.69, 9.17) is 10.8 Å². The highest BCUT2D eigenvalue weighted by Gasteiger charge is 2.18. The fraction of sp³-hybridized carbons (Fsp3) is 0.455. The van der Waals surface area contributed by atoms with Crippen LogP contribution < -0.4 is 11.1 Å². The normalized spacial score (nSPS) is 14.9. The molecule has 1 rings (SSSR count). The summed E-state index contributed by atoms with van der Waals surface area (Å²) in [6, 6.07) is 6.49.